The van der Waals surface area contributed by atoms with Crippen molar-refractivity contribution in [2.75, 3.05) is 39.8 Å². The minimum Gasteiger partial charge on any atom is -0.346 e. The Morgan fingerprint density at radius 1 is 1.03 bits per heavy atom. The number of carbonyl (C=O) groups is 2. The van der Waals surface area contributed by atoms with Gasteiger partial charge in [-0.15, -0.1) is 0 Å². The highest BCUT2D eigenvalue weighted by Gasteiger charge is 2.25. The lowest BCUT2D eigenvalue weighted by molar-refractivity contribution is -0.139. The molecule has 1 aromatic heterocycles. The normalized spacial score (nSPS) is 16.2. The molecule has 29 heavy (non-hydrogen) atoms. The van der Waals surface area contributed by atoms with E-state index in [0.717, 1.165) is 31.7 Å². The number of hydrogen-bond donors (Lipinski definition) is 2. The molecule has 1 fully saturated rings. The molecule has 1 saturated heterocycles. The van der Waals surface area contributed by atoms with Gasteiger partial charge in [0.1, 0.15) is 5.82 Å². The number of nitrogens with zero attached hydrogens (tertiary/aromatic N) is 3. The summed E-state index contributed by atoms with van der Waals surface area (Å²) in [4.78, 5) is 33.0. The largest absolute Gasteiger partial charge is 0.346 e. The van der Waals surface area contributed by atoms with Gasteiger partial charge in [-0.3, -0.25) is 19.5 Å². The number of aromatic nitrogens is 1. The number of carbonyl (C=O) groups excluding carboxylic acids is 2. The zero-order valence-corrected chi connectivity index (χ0v) is 16.5. The van der Waals surface area contributed by atoms with Crippen LogP contribution >= 0.6 is 0 Å². The van der Waals surface area contributed by atoms with E-state index in [1.165, 1.54) is 12.1 Å². The first kappa shape index (κ1) is 20.9. The lowest BCUT2D eigenvalue weighted by Crippen LogP contribution is -2.49. The molecule has 0 aliphatic carbocycles. The molecule has 2 N–H and O–H groups in total. The molecule has 7 nitrogen and oxygen atoms in total. The van der Waals surface area contributed by atoms with Crippen molar-refractivity contribution in [2.45, 2.75) is 12.6 Å². The zero-order chi connectivity index (χ0) is 20.6. The van der Waals surface area contributed by atoms with Gasteiger partial charge in [-0.1, -0.05) is 18.2 Å². The SMILES string of the molecule is CN1CCN(C(CNC(=O)C(=O)NCc2ccccn2)c2ccc(F)cc2)CC1. The van der Waals surface area contributed by atoms with Crippen molar-refractivity contribution in [1.82, 2.24) is 25.4 Å². The van der Waals surface area contributed by atoms with Crippen molar-refractivity contribution < 1.29 is 14.0 Å². The number of pyridine rings is 1. The predicted molar refractivity (Wildman–Crippen MR) is 107 cm³/mol. The standard InChI is InChI=1S/C21H26FN5O2/c1-26-10-12-27(13-11-26)19(16-5-7-17(22)8-6-16)15-25-21(29)20(28)24-14-18-4-2-3-9-23-18/h2-9,19H,10-15H2,1H3,(H,24,28)(H,25,29). The second kappa shape index (κ2) is 10.1. The molecule has 1 atom stereocenters. The van der Waals surface area contributed by atoms with Gasteiger partial charge < -0.3 is 15.5 Å². The van der Waals surface area contributed by atoms with Gasteiger partial charge in [0.05, 0.1) is 18.3 Å². The van der Waals surface area contributed by atoms with E-state index in [9.17, 15) is 14.0 Å². The maximum Gasteiger partial charge on any atom is 0.309 e. The predicted octanol–water partition coefficient (Wildman–Crippen LogP) is 0.942. The molecule has 2 amide bonds. The van der Waals surface area contributed by atoms with Crippen LogP contribution in [-0.2, 0) is 16.1 Å². The van der Waals surface area contributed by atoms with Crippen LogP contribution in [0, 0.1) is 5.82 Å². The third-order valence-electron chi connectivity index (χ3n) is 5.05. The smallest absolute Gasteiger partial charge is 0.309 e. The highest BCUT2D eigenvalue weighted by atomic mass is 19.1. The van der Waals surface area contributed by atoms with E-state index in [1.54, 1.807) is 30.5 Å². The monoisotopic (exact) mass is 399 g/mol. The molecule has 1 unspecified atom stereocenters. The lowest BCUT2D eigenvalue weighted by atomic mass is 10.0. The van der Waals surface area contributed by atoms with Gasteiger partial charge in [0.2, 0.25) is 0 Å². The minimum absolute atomic E-state index is 0.128. The van der Waals surface area contributed by atoms with E-state index in [-0.39, 0.29) is 24.9 Å². The molecule has 8 heteroatoms. The van der Waals surface area contributed by atoms with Crippen molar-refractivity contribution in [2.24, 2.45) is 0 Å². The zero-order valence-electron chi connectivity index (χ0n) is 16.5. The number of benzene rings is 1. The van der Waals surface area contributed by atoms with Crippen LogP contribution in [-0.4, -0.2) is 66.4 Å². The summed E-state index contributed by atoms with van der Waals surface area (Å²) in [6.45, 7) is 3.95. The molecular weight excluding hydrogens is 373 g/mol. The first-order chi connectivity index (χ1) is 14.0. The lowest BCUT2D eigenvalue weighted by Gasteiger charge is -2.38. The Morgan fingerprint density at radius 3 is 2.38 bits per heavy atom. The van der Waals surface area contributed by atoms with Crippen LogP contribution < -0.4 is 10.6 Å². The minimum atomic E-state index is -0.702. The summed E-state index contributed by atoms with van der Waals surface area (Å²) in [5.74, 6) is -1.70. The summed E-state index contributed by atoms with van der Waals surface area (Å²) in [6, 6.07) is 11.5. The first-order valence-electron chi connectivity index (χ1n) is 9.67. The van der Waals surface area contributed by atoms with Crippen molar-refractivity contribution in [3.8, 4) is 0 Å². The van der Waals surface area contributed by atoms with Crippen LogP contribution in [0.2, 0.25) is 0 Å². The Kier molecular flexibility index (Phi) is 7.26. The summed E-state index contributed by atoms with van der Waals surface area (Å²) >= 11 is 0. The average Bonchev–Trinajstić information content (AvgIpc) is 2.75. The van der Waals surface area contributed by atoms with Gasteiger partial charge in [-0.25, -0.2) is 4.39 Å². The van der Waals surface area contributed by atoms with Crippen LogP contribution in [0.5, 0.6) is 0 Å². The van der Waals surface area contributed by atoms with E-state index in [4.69, 9.17) is 0 Å². The van der Waals surface area contributed by atoms with E-state index < -0.39 is 11.8 Å². The van der Waals surface area contributed by atoms with Gasteiger partial charge in [0.25, 0.3) is 0 Å². The molecule has 1 aliphatic rings. The fraction of sp³-hybridized carbons (Fsp3) is 0.381. The van der Waals surface area contributed by atoms with E-state index >= 15 is 0 Å². The average molecular weight is 399 g/mol. The maximum atomic E-state index is 13.3. The number of piperazine rings is 1. The Balaban J connectivity index is 1.59. The summed E-state index contributed by atoms with van der Waals surface area (Å²) in [5, 5.41) is 5.29. The van der Waals surface area contributed by atoms with Crippen molar-refractivity contribution in [3.05, 3.63) is 65.7 Å². The van der Waals surface area contributed by atoms with E-state index in [0.29, 0.717) is 5.69 Å². The van der Waals surface area contributed by atoms with Crippen LogP contribution in [0.25, 0.3) is 0 Å². The van der Waals surface area contributed by atoms with Crippen molar-refractivity contribution >= 4 is 11.8 Å². The number of nitrogens with one attached hydrogen (secondary N) is 2. The Bertz CT molecular complexity index is 808. The summed E-state index contributed by atoms with van der Waals surface area (Å²) < 4.78 is 13.3. The first-order valence-corrected chi connectivity index (χ1v) is 9.67. The fourth-order valence-corrected chi connectivity index (χ4v) is 3.30. The van der Waals surface area contributed by atoms with Crippen LogP contribution in [0.15, 0.2) is 48.7 Å². The number of rotatable bonds is 6. The second-order valence-corrected chi connectivity index (χ2v) is 7.12. The third-order valence-corrected chi connectivity index (χ3v) is 5.05. The van der Waals surface area contributed by atoms with E-state index in [2.05, 4.69) is 32.5 Å². The number of halogens is 1. The van der Waals surface area contributed by atoms with Gasteiger partial charge in [0.15, 0.2) is 0 Å². The summed E-state index contributed by atoms with van der Waals surface area (Å²) in [6.07, 6.45) is 1.63. The molecule has 1 aliphatic heterocycles. The fourth-order valence-electron chi connectivity index (χ4n) is 3.30. The number of amides is 2. The molecule has 2 aromatic rings. The molecule has 0 bridgehead atoms. The highest BCUT2D eigenvalue weighted by molar-refractivity contribution is 6.35. The molecule has 2 heterocycles. The van der Waals surface area contributed by atoms with Gasteiger partial charge in [-0.05, 0) is 36.9 Å². The summed E-state index contributed by atoms with van der Waals surface area (Å²) in [7, 11) is 2.07. The molecule has 0 spiro atoms. The van der Waals surface area contributed by atoms with Gasteiger partial charge in [-0.2, -0.15) is 0 Å². The number of hydrogen-bond acceptors (Lipinski definition) is 5. The van der Waals surface area contributed by atoms with Crippen molar-refractivity contribution in [1.29, 1.82) is 0 Å². The Labute approximate surface area is 169 Å². The third kappa shape index (κ3) is 6.07. The molecular formula is C21H26FN5O2. The summed E-state index contributed by atoms with van der Waals surface area (Å²) in [5.41, 5.74) is 1.58. The molecule has 0 radical (unpaired) electrons. The molecule has 3 rings (SSSR count). The Morgan fingerprint density at radius 2 is 1.72 bits per heavy atom. The molecule has 1 aromatic carbocycles. The van der Waals surface area contributed by atoms with Crippen LogP contribution in [0.3, 0.4) is 0 Å². The topological polar surface area (TPSA) is 77.6 Å². The quantitative estimate of drug-likeness (QED) is 0.707. The van der Waals surface area contributed by atoms with Crippen molar-refractivity contribution in [3.63, 3.8) is 0 Å². The second-order valence-electron chi connectivity index (χ2n) is 7.12. The highest BCUT2D eigenvalue weighted by Crippen LogP contribution is 2.22. The maximum absolute atomic E-state index is 13.3. The Hall–Kier alpha value is -2.84. The van der Waals surface area contributed by atoms with Crippen LogP contribution in [0.1, 0.15) is 17.3 Å². The van der Waals surface area contributed by atoms with Crippen LogP contribution in [0.4, 0.5) is 4.39 Å². The number of likely N-dealkylation sites (N-methyl/N-ethyl adjacent to an activating group) is 1. The molecule has 154 valence electrons. The van der Waals surface area contributed by atoms with Gasteiger partial charge in [0, 0.05) is 38.9 Å². The molecule has 0 saturated carbocycles. The van der Waals surface area contributed by atoms with Gasteiger partial charge >= 0.3 is 11.8 Å². The van der Waals surface area contributed by atoms with E-state index in [1.807, 2.05) is 6.07 Å².